The predicted octanol–water partition coefficient (Wildman–Crippen LogP) is 1.64. The maximum absolute atomic E-state index is 12.9. The van der Waals surface area contributed by atoms with Crippen molar-refractivity contribution in [1.82, 2.24) is 10.2 Å². The number of carbonyl (C=O) groups is 2. The van der Waals surface area contributed by atoms with Crippen molar-refractivity contribution in [2.75, 3.05) is 19.6 Å². The molecule has 1 spiro atoms. The Hall–Kier alpha value is -1.95. The maximum atomic E-state index is 12.9. The van der Waals surface area contributed by atoms with E-state index in [1.807, 2.05) is 0 Å². The quantitative estimate of drug-likeness (QED) is 0.869. The van der Waals surface area contributed by atoms with Crippen LogP contribution in [-0.2, 0) is 16.0 Å². The third kappa shape index (κ3) is 3.84. The Morgan fingerprint density at radius 2 is 2.12 bits per heavy atom. The van der Waals surface area contributed by atoms with Crippen molar-refractivity contribution < 1.29 is 19.1 Å². The minimum Gasteiger partial charge on any atom is -0.392 e. The Morgan fingerprint density at radius 1 is 1.36 bits per heavy atom. The number of amides is 2. The minimum atomic E-state index is -0.844. The lowest BCUT2D eigenvalue weighted by Crippen LogP contribution is -2.62. The molecule has 2 aliphatic heterocycles. The first-order valence-corrected chi connectivity index (χ1v) is 9.00. The molecule has 25 heavy (non-hydrogen) atoms. The van der Waals surface area contributed by atoms with Gasteiger partial charge in [0.15, 0.2) is 0 Å². The first-order valence-electron chi connectivity index (χ1n) is 9.00. The predicted molar refractivity (Wildman–Crippen MR) is 91.2 cm³/mol. The molecule has 2 aliphatic rings. The van der Waals surface area contributed by atoms with Crippen LogP contribution in [-0.4, -0.2) is 47.6 Å². The van der Waals surface area contributed by atoms with Gasteiger partial charge in [-0.2, -0.15) is 0 Å². The van der Waals surface area contributed by atoms with Crippen molar-refractivity contribution in [3.8, 4) is 0 Å². The highest BCUT2D eigenvalue weighted by atomic mass is 19.1. The molecule has 136 valence electrons. The van der Waals surface area contributed by atoms with Crippen molar-refractivity contribution in [3.05, 3.63) is 35.6 Å². The summed E-state index contributed by atoms with van der Waals surface area (Å²) in [6.07, 6.45) is 3.00. The lowest BCUT2D eigenvalue weighted by atomic mass is 9.71. The van der Waals surface area contributed by atoms with E-state index >= 15 is 0 Å². The molecule has 6 heteroatoms. The van der Waals surface area contributed by atoms with Crippen LogP contribution < -0.4 is 5.32 Å². The number of benzene rings is 1. The molecule has 1 aromatic carbocycles. The van der Waals surface area contributed by atoms with Crippen LogP contribution in [0.5, 0.6) is 0 Å². The first kappa shape index (κ1) is 17.9. The number of nitrogens with one attached hydrogen (secondary N) is 1. The molecule has 1 aromatic rings. The van der Waals surface area contributed by atoms with E-state index in [9.17, 15) is 19.1 Å². The van der Waals surface area contributed by atoms with Crippen LogP contribution in [0.3, 0.4) is 0 Å². The summed E-state index contributed by atoms with van der Waals surface area (Å²) in [5, 5.41) is 13.2. The summed E-state index contributed by atoms with van der Waals surface area (Å²) in [6, 6.07) is 6.32. The Kier molecular flexibility index (Phi) is 5.37. The second kappa shape index (κ2) is 7.52. The Balaban J connectivity index is 1.55. The van der Waals surface area contributed by atoms with Crippen LogP contribution in [0.15, 0.2) is 24.3 Å². The third-order valence-corrected chi connectivity index (χ3v) is 5.44. The van der Waals surface area contributed by atoms with Gasteiger partial charge in [0.2, 0.25) is 11.8 Å². The molecule has 0 radical (unpaired) electrons. The van der Waals surface area contributed by atoms with Gasteiger partial charge in [-0.15, -0.1) is 0 Å². The highest BCUT2D eigenvalue weighted by molar-refractivity contribution is 5.86. The molecule has 0 unspecified atom stereocenters. The number of hydrogen-bond donors (Lipinski definition) is 2. The molecule has 2 amide bonds. The number of hydrogen-bond acceptors (Lipinski definition) is 3. The van der Waals surface area contributed by atoms with Crippen LogP contribution in [0, 0.1) is 11.2 Å². The molecular formula is C19H25FN2O3. The topological polar surface area (TPSA) is 69.6 Å². The lowest BCUT2D eigenvalue weighted by Gasteiger charge is -2.46. The van der Waals surface area contributed by atoms with Gasteiger partial charge >= 0.3 is 0 Å². The van der Waals surface area contributed by atoms with Crippen LogP contribution >= 0.6 is 0 Å². The maximum Gasteiger partial charge on any atom is 0.230 e. The van der Waals surface area contributed by atoms with Crippen molar-refractivity contribution >= 4 is 11.8 Å². The van der Waals surface area contributed by atoms with Crippen LogP contribution in [0.2, 0.25) is 0 Å². The van der Waals surface area contributed by atoms with Gasteiger partial charge in [0.1, 0.15) is 5.82 Å². The first-order chi connectivity index (χ1) is 12.0. The van der Waals surface area contributed by atoms with E-state index in [0.717, 1.165) is 12.0 Å². The zero-order valence-corrected chi connectivity index (χ0v) is 14.3. The van der Waals surface area contributed by atoms with Gasteiger partial charge in [0.05, 0.1) is 11.5 Å². The fourth-order valence-electron chi connectivity index (χ4n) is 3.91. The number of aliphatic hydroxyl groups excluding tert-OH is 1. The zero-order chi connectivity index (χ0) is 17.9. The molecule has 0 aromatic heterocycles. The number of likely N-dealkylation sites (tertiary alicyclic amines) is 1. The van der Waals surface area contributed by atoms with Crippen molar-refractivity contribution in [3.63, 3.8) is 0 Å². The van der Waals surface area contributed by atoms with Crippen LogP contribution in [0.1, 0.15) is 37.7 Å². The molecular weight excluding hydrogens is 323 g/mol. The molecule has 2 saturated heterocycles. The van der Waals surface area contributed by atoms with E-state index in [-0.39, 0.29) is 17.6 Å². The van der Waals surface area contributed by atoms with Crippen LogP contribution in [0.4, 0.5) is 4.39 Å². The Bertz CT molecular complexity index is 634. The molecule has 0 aliphatic carbocycles. The van der Waals surface area contributed by atoms with E-state index in [4.69, 9.17) is 0 Å². The smallest absolute Gasteiger partial charge is 0.230 e. The summed E-state index contributed by atoms with van der Waals surface area (Å²) >= 11 is 0. The largest absolute Gasteiger partial charge is 0.392 e. The molecule has 0 bridgehead atoms. The van der Waals surface area contributed by atoms with Gasteiger partial charge in [0, 0.05) is 26.1 Å². The van der Waals surface area contributed by atoms with Gasteiger partial charge in [-0.05, 0) is 49.8 Å². The molecule has 2 heterocycles. The SMILES string of the molecule is O=C(CCCc1ccc(F)cc1)N1CC[C@@H](O)[C@@]2(CCCNC2=O)C1. The highest BCUT2D eigenvalue weighted by Crippen LogP contribution is 2.37. The fraction of sp³-hybridized carbons (Fsp3) is 0.579. The average Bonchev–Trinajstić information content (AvgIpc) is 2.61. The summed E-state index contributed by atoms with van der Waals surface area (Å²) in [4.78, 5) is 26.6. The summed E-state index contributed by atoms with van der Waals surface area (Å²) < 4.78 is 12.9. The lowest BCUT2D eigenvalue weighted by molar-refractivity contribution is -0.154. The van der Waals surface area contributed by atoms with Crippen molar-refractivity contribution in [2.24, 2.45) is 5.41 Å². The average molecular weight is 348 g/mol. The normalized spacial score (nSPS) is 26.6. The molecule has 0 saturated carbocycles. The fourth-order valence-corrected chi connectivity index (χ4v) is 3.91. The number of nitrogens with zero attached hydrogens (tertiary/aromatic N) is 1. The monoisotopic (exact) mass is 348 g/mol. The molecule has 2 atom stereocenters. The van der Waals surface area contributed by atoms with E-state index in [0.29, 0.717) is 51.7 Å². The molecule has 3 rings (SSSR count). The Labute approximate surface area is 147 Å². The zero-order valence-electron chi connectivity index (χ0n) is 14.3. The molecule has 2 fully saturated rings. The number of halogens is 1. The summed E-state index contributed by atoms with van der Waals surface area (Å²) in [5.74, 6) is -0.371. The van der Waals surface area contributed by atoms with E-state index < -0.39 is 11.5 Å². The number of aliphatic hydroxyl groups is 1. The van der Waals surface area contributed by atoms with Gasteiger partial charge in [-0.1, -0.05) is 12.1 Å². The minimum absolute atomic E-state index is 0.0201. The van der Waals surface area contributed by atoms with Gasteiger partial charge in [-0.25, -0.2) is 4.39 Å². The van der Waals surface area contributed by atoms with E-state index in [2.05, 4.69) is 5.32 Å². The van der Waals surface area contributed by atoms with Gasteiger partial charge in [0.25, 0.3) is 0 Å². The van der Waals surface area contributed by atoms with Gasteiger partial charge in [-0.3, -0.25) is 9.59 Å². The second-order valence-electron chi connectivity index (χ2n) is 7.12. The highest BCUT2D eigenvalue weighted by Gasteiger charge is 2.50. The van der Waals surface area contributed by atoms with Crippen molar-refractivity contribution in [2.45, 2.75) is 44.6 Å². The third-order valence-electron chi connectivity index (χ3n) is 5.44. The van der Waals surface area contributed by atoms with Crippen molar-refractivity contribution in [1.29, 1.82) is 0 Å². The Morgan fingerprint density at radius 3 is 2.84 bits per heavy atom. The molecule has 2 N–H and O–H groups in total. The van der Waals surface area contributed by atoms with E-state index in [1.165, 1.54) is 12.1 Å². The summed E-state index contributed by atoms with van der Waals surface area (Å²) in [5.41, 5.74) is 0.162. The number of piperidine rings is 2. The second-order valence-corrected chi connectivity index (χ2v) is 7.12. The van der Waals surface area contributed by atoms with Gasteiger partial charge < -0.3 is 15.3 Å². The summed E-state index contributed by atoms with van der Waals surface area (Å²) in [7, 11) is 0. The number of rotatable bonds is 4. The number of carbonyl (C=O) groups excluding carboxylic acids is 2. The number of aryl methyl sites for hydroxylation is 1. The van der Waals surface area contributed by atoms with Crippen LogP contribution in [0.25, 0.3) is 0 Å². The molecule has 5 nitrogen and oxygen atoms in total. The standard InChI is InChI=1S/C19H25FN2O3/c20-15-7-5-14(6-8-15)3-1-4-17(24)22-12-9-16(23)19(13-22)10-2-11-21-18(19)25/h5-8,16,23H,1-4,9-13H2,(H,21,25)/t16-,19-/m1/s1. The summed E-state index contributed by atoms with van der Waals surface area (Å²) in [6.45, 7) is 1.43. The van der Waals surface area contributed by atoms with E-state index in [1.54, 1.807) is 17.0 Å².